The molecule has 1 rings (SSSR count). The van der Waals surface area contributed by atoms with Crippen LogP contribution in [-0.4, -0.2) is 36.9 Å². The first-order valence-corrected chi connectivity index (χ1v) is 6.79. The minimum atomic E-state index is -3.97. The van der Waals surface area contributed by atoms with Gasteiger partial charge in [-0.1, -0.05) is 13.0 Å². The number of benzene rings is 1. The van der Waals surface area contributed by atoms with Gasteiger partial charge in [-0.3, -0.25) is 4.79 Å². The first-order valence-electron chi connectivity index (χ1n) is 5.35. The Morgan fingerprint density at radius 3 is 2.61 bits per heavy atom. The lowest BCUT2D eigenvalue weighted by Gasteiger charge is -2.19. The van der Waals surface area contributed by atoms with Crippen LogP contribution in [0.3, 0.4) is 0 Å². The quantitative estimate of drug-likeness (QED) is 0.849. The van der Waals surface area contributed by atoms with Crippen LogP contribution < -0.4 is 0 Å². The molecular weight excluding hydrogens is 261 g/mol. The van der Waals surface area contributed by atoms with Crippen molar-refractivity contribution < 1.29 is 22.7 Å². The van der Waals surface area contributed by atoms with Gasteiger partial charge in [0.2, 0.25) is 10.0 Å². The Morgan fingerprint density at radius 1 is 1.44 bits per heavy atom. The van der Waals surface area contributed by atoms with Crippen molar-refractivity contribution in [2.24, 2.45) is 0 Å². The second-order valence-electron chi connectivity index (χ2n) is 3.69. The molecule has 18 heavy (non-hydrogen) atoms. The number of aliphatic carboxylic acids is 1. The van der Waals surface area contributed by atoms with Crippen molar-refractivity contribution in [1.29, 1.82) is 0 Å². The van der Waals surface area contributed by atoms with Crippen molar-refractivity contribution in [2.75, 3.05) is 13.1 Å². The Bertz CT molecular complexity index is 530. The second-order valence-corrected chi connectivity index (χ2v) is 5.63. The molecule has 100 valence electrons. The van der Waals surface area contributed by atoms with Crippen LogP contribution in [0.1, 0.15) is 13.3 Å². The monoisotopic (exact) mass is 275 g/mol. The predicted molar refractivity (Wildman–Crippen MR) is 63.1 cm³/mol. The summed E-state index contributed by atoms with van der Waals surface area (Å²) < 4.78 is 38.0. The van der Waals surface area contributed by atoms with Gasteiger partial charge in [0.15, 0.2) is 0 Å². The van der Waals surface area contributed by atoms with Crippen molar-refractivity contribution in [3.8, 4) is 0 Å². The fraction of sp³-hybridized carbons (Fsp3) is 0.364. The molecule has 1 N–H and O–H groups in total. The number of carboxylic acids is 1. The number of hydrogen-bond acceptors (Lipinski definition) is 3. The van der Waals surface area contributed by atoms with Crippen molar-refractivity contribution in [3.05, 3.63) is 30.1 Å². The smallest absolute Gasteiger partial charge is 0.318 e. The zero-order chi connectivity index (χ0) is 13.8. The zero-order valence-electron chi connectivity index (χ0n) is 9.84. The van der Waals surface area contributed by atoms with E-state index in [0.29, 0.717) is 6.42 Å². The van der Waals surface area contributed by atoms with Gasteiger partial charge in [0.05, 0.1) is 4.90 Å². The number of carbonyl (C=O) groups is 1. The third-order valence-electron chi connectivity index (χ3n) is 2.22. The highest BCUT2D eigenvalue weighted by atomic mass is 32.2. The van der Waals surface area contributed by atoms with Crippen LogP contribution in [0.15, 0.2) is 29.2 Å². The number of carboxylic acid groups (broad SMARTS) is 1. The van der Waals surface area contributed by atoms with Crippen molar-refractivity contribution in [2.45, 2.75) is 18.2 Å². The van der Waals surface area contributed by atoms with Gasteiger partial charge in [-0.05, 0) is 24.6 Å². The normalized spacial score (nSPS) is 11.7. The fourth-order valence-electron chi connectivity index (χ4n) is 1.46. The average Bonchev–Trinajstić information content (AvgIpc) is 2.28. The Labute approximate surface area is 105 Å². The number of hydrogen-bond donors (Lipinski definition) is 1. The summed E-state index contributed by atoms with van der Waals surface area (Å²) in [5.74, 6) is -1.92. The van der Waals surface area contributed by atoms with Gasteiger partial charge in [-0.15, -0.1) is 0 Å². The van der Waals surface area contributed by atoms with Crippen LogP contribution in [0.5, 0.6) is 0 Å². The SMILES string of the molecule is CCCN(CC(=O)O)S(=O)(=O)c1cccc(F)c1. The van der Waals surface area contributed by atoms with Gasteiger partial charge < -0.3 is 5.11 Å². The summed E-state index contributed by atoms with van der Waals surface area (Å²) in [6, 6.07) is 4.51. The summed E-state index contributed by atoms with van der Waals surface area (Å²) in [4.78, 5) is 10.4. The highest BCUT2D eigenvalue weighted by Gasteiger charge is 2.25. The van der Waals surface area contributed by atoms with Crippen LogP contribution in [0.4, 0.5) is 4.39 Å². The summed E-state index contributed by atoms with van der Waals surface area (Å²) in [5, 5.41) is 8.70. The van der Waals surface area contributed by atoms with E-state index in [2.05, 4.69) is 0 Å². The topological polar surface area (TPSA) is 74.7 Å². The molecule has 5 nitrogen and oxygen atoms in total. The standard InChI is InChI=1S/C11H14FNO4S/c1-2-6-13(8-11(14)15)18(16,17)10-5-3-4-9(12)7-10/h3-5,7H,2,6,8H2,1H3,(H,14,15). The van der Waals surface area contributed by atoms with E-state index in [0.717, 1.165) is 16.4 Å². The molecule has 0 aliphatic carbocycles. The lowest BCUT2D eigenvalue weighted by atomic mass is 10.4. The summed E-state index contributed by atoms with van der Waals surface area (Å²) in [7, 11) is -3.97. The van der Waals surface area contributed by atoms with Gasteiger partial charge in [0, 0.05) is 6.54 Å². The van der Waals surface area contributed by atoms with E-state index in [1.165, 1.54) is 12.1 Å². The molecule has 0 aliphatic rings. The lowest BCUT2D eigenvalue weighted by molar-refractivity contribution is -0.137. The molecule has 0 saturated carbocycles. The Morgan fingerprint density at radius 2 is 2.11 bits per heavy atom. The van der Waals surface area contributed by atoms with Crippen molar-refractivity contribution in [3.63, 3.8) is 0 Å². The average molecular weight is 275 g/mol. The molecule has 0 unspecified atom stereocenters. The molecular formula is C11H14FNO4S. The number of sulfonamides is 1. The second kappa shape index (κ2) is 5.92. The highest BCUT2D eigenvalue weighted by molar-refractivity contribution is 7.89. The minimum absolute atomic E-state index is 0.0746. The van der Waals surface area contributed by atoms with E-state index in [1.54, 1.807) is 6.92 Å². The Hall–Kier alpha value is -1.47. The molecule has 0 radical (unpaired) electrons. The molecule has 1 aromatic carbocycles. The predicted octanol–water partition coefficient (Wildman–Crippen LogP) is 1.31. The molecule has 0 aromatic heterocycles. The molecule has 0 aliphatic heterocycles. The third kappa shape index (κ3) is 3.51. The summed E-state index contributed by atoms with van der Waals surface area (Å²) >= 11 is 0. The van der Waals surface area contributed by atoms with E-state index < -0.39 is 28.4 Å². The van der Waals surface area contributed by atoms with Gasteiger partial charge >= 0.3 is 5.97 Å². The molecule has 0 amide bonds. The number of rotatable bonds is 6. The molecule has 0 fully saturated rings. The van der Waals surface area contributed by atoms with E-state index in [9.17, 15) is 17.6 Å². The molecule has 0 heterocycles. The lowest BCUT2D eigenvalue weighted by Crippen LogP contribution is -2.36. The highest BCUT2D eigenvalue weighted by Crippen LogP contribution is 2.16. The summed E-state index contributed by atoms with van der Waals surface area (Å²) in [6.45, 7) is 1.17. The van der Waals surface area contributed by atoms with Crippen LogP contribution in [0, 0.1) is 5.82 Å². The fourth-order valence-corrected chi connectivity index (χ4v) is 2.97. The van der Waals surface area contributed by atoms with E-state index in [1.807, 2.05) is 0 Å². The molecule has 0 atom stereocenters. The maximum atomic E-state index is 13.0. The van der Waals surface area contributed by atoms with Crippen molar-refractivity contribution >= 4 is 16.0 Å². The first-order chi connectivity index (χ1) is 8.37. The first kappa shape index (κ1) is 14.6. The van der Waals surface area contributed by atoms with Crippen LogP contribution >= 0.6 is 0 Å². The van der Waals surface area contributed by atoms with E-state index >= 15 is 0 Å². The maximum Gasteiger partial charge on any atom is 0.318 e. The summed E-state index contributed by atoms with van der Waals surface area (Å²) in [6.07, 6.45) is 0.474. The third-order valence-corrected chi connectivity index (χ3v) is 4.06. The molecule has 0 spiro atoms. The Kier molecular flexibility index (Phi) is 4.80. The molecule has 0 saturated heterocycles. The molecule has 0 bridgehead atoms. The zero-order valence-corrected chi connectivity index (χ0v) is 10.7. The minimum Gasteiger partial charge on any atom is -0.480 e. The van der Waals surface area contributed by atoms with E-state index in [-0.39, 0.29) is 11.4 Å². The molecule has 1 aromatic rings. The van der Waals surface area contributed by atoms with Gasteiger partial charge in [-0.2, -0.15) is 4.31 Å². The number of halogens is 1. The summed E-state index contributed by atoms with van der Waals surface area (Å²) in [5.41, 5.74) is 0. The van der Waals surface area contributed by atoms with Gasteiger partial charge in [0.1, 0.15) is 12.4 Å². The van der Waals surface area contributed by atoms with Crippen LogP contribution in [0.25, 0.3) is 0 Å². The van der Waals surface area contributed by atoms with E-state index in [4.69, 9.17) is 5.11 Å². The van der Waals surface area contributed by atoms with Gasteiger partial charge in [0.25, 0.3) is 0 Å². The van der Waals surface area contributed by atoms with Crippen LogP contribution in [-0.2, 0) is 14.8 Å². The number of nitrogens with zero attached hydrogens (tertiary/aromatic N) is 1. The van der Waals surface area contributed by atoms with Gasteiger partial charge in [-0.25, -0.2) is 12.8 Å². The molecule has 7 heteroatoms. The largest absolute Gasteiger partial charge is 0.480 e. The maximum absolute atomic E-state index is 13.0. The van der Waals surface area contributed by atoms with Crippen molar-refractivity contribution in [1.82, 2.24) is 4.31 Å². The van der Waals surface area contributed by atoms with Crippen LogP contribution in [0.2, 0.25) is 0 Å². The Balaban J connectivity index is 3.12.